The molecule has 3 heterocycles. The Labute approximate surface area is 171 Å². The van der Waals surface area contributed by atoms with Gasteiger partial charge in [0, 0.05) is 44.4 Å². The summed E-state index contributed by atoms with van der Waals surface area (Å²) in [5.41, 5.74) is 2.03. The second-order valence-electron chi connectivity index (χ2n) is 6.98. The molecule has 1 N–H and O–H groups in total. The van der Waals surface area contributed by atoms with Crippen LogP contribution >= 0.6 is 24.8 Å². The molecule has 2 saturated heterocycles. The lowest BCUT2D eigenvalue weighted by Crippen LogP contribution is -2.34. The summed E-state index contributed by atoms with van der Waals surface area (Å²) in [6, 6.07) is 10.6. The van der Waals surface area contributed by atoms with E-state index in [1.165, 1.54) is 6.07 Å². The number of nitrogens with one attached hydrogen (secondary N) is 1. The molecule has 0 saturated carbocycles. The number of hydrogen-bond acceptors (Lipinski definition) is 3. The standard InChI is InChI=1S/C20H22FN3O.2ClH/c21-17-3-1-2-15(10-17)20-18-12-23-11-16(18)13-24(20)19(25)5-4-14-6-8-22-9-7-14;;/h1-3,6-10,16,18,20,23H,4-5,11-13H2;2*1H/t16-,18-,20+;;/m0../s1. The summed E-state index contributed by atoms with van der Waals surface area (Å²) in [5, 5.41) is 3.42. The Balaban J connectivity index is 0.00000131. The Bertz CT molecular complexity index is 762. The minimum absolute atomic E-state index is 0. The van der Waals surface area contributed by atoms with E-state index in [0.29, 0.717) is 24.7 Å². The van der Waals surface area contributed by atoms with Crippen LogP contribution in [-0.4, -0.2) is 35.4 Å². The maximum Gasteiger partial charge on any atom is 0.223 e. The van der Waals surface area contributed by atoms with Crippen LogP contribution in [0.3, 0.4) is 0 Å². The minimum atomic E-state index is -0.240. The molecule has 7 heteroatoms. The van der Waals surface area contributed by atoms with Gasteiger partial charge >= 0.3 is 0 Å². The Morgan fingerprint density at radius 3 is 2.70 bits per heavy atom. The van der Waals surface area contributed by atoms with Gasteiger partial charge in [0.25, 0.3) is 0 Å². The number of aromatic nitrogens is 1. The highest BCUT2D eigenvalue weighted by atomic mass is 35.5. The Morgan fingerprint density at radius 2 is 1.96 bits per heavy atom. The summed E-state index contributed by atoms with van der Waals surface area (Å²) >= 11 is 0. The fraction of sp³-hybridized carbons (Fsp3) is 0.400. The van der Waals surface area contributed by atoms with Crippen molar-refractivity contribution in [1.82, 2.24) is 15.2 Å². The molecule has 1 aromatic carbocycles. The van der Waals surface area contributed by atoms with Crippen molar-refractivity contribution in [3.8, 4) is 0 Å². The number of nitrogens with zero attached hydrogens (tertiary/aromatic N) is 2. The number of pyridine rings is 1. The molecule has 3 atom stereocenters. The molecule has 2 aliphatic heterocycles. The SMILES string of the molecule is Cl.Cl.O=C(CCc1ccncc1)N1C[C@@H]2CNC[C@@H]2[C@H]1c1cccc(F)c1. The van der Waals surface area contributed by atoms with Crippen LogP contribution in [0.5, 0.6) is 0 Å². The molecule has 2 fully saturated rings. The first-order chi connectivity index (χ1) is 12.2. The molecule has 146 valence electrons. The fourth-order valence-corrected chi connectivity index (χ4v) is 4.24. The van der Waals surface area contributed by atoms with Gasteiger partial charge in [-0.25, -0.2) is 4.39 Å². The van der Waals surface area contributed by atoms with Gasteiger partial charge in [0.05, 0.1) is 6.04 Å². The molecular weight excluding hydrogens is 388 g/mol. The number of fused-ring (bicyclic) bond motifs is 1. The number of rotatable bonds is 4. The lowest BCUT2D eigenvalue weighted by molar-refractivity contribution is -0.132. The first-order valence-electron chi connectivity index (χ1n) is 8.87. The molecule has 1 aromatic heterocycles. The van der Waals surface area contributed by atoms with E-state index in [2.05, 4.69) is 10.3 Å². The van der Waals surface area contributed by atoms with Gasteiger partial charge in [0.15, 0.2) is 0 Å². The summed E-state index contributed by atoms with van der Waals surface area (Å²) in [6.07, 6.45) is 4.69. The number of carbonyl (C=O) groups is 1. The van der Waals surface area contributed by atoms with Crippen molar-refractivity contribution in [2.24, 2.45) is 11.8 Å². The topological polar surface area (TPSA) is 45.2 Å². The average molecular weight is 412 g/mol. The molecule has 2 aromatic rings. The van der Waals surface area contributed by atoms with Crippen molar-refractivity contribution in [2.45, 2.75) is 18.9 Å². The second-order valence-corrected chi connectivity index (χ2v) is 6.98. The third kappa shape index (κ3) is 4.60. The van der Waals surface area contributed by atoms with Gasteiger partial charge in [-0.15, -0.1) is 24.8 Å². The number of likely N-dealkylation sites (tertiary alicyclic amines) is 1. The summed E-state index contributed by atoms with van der Waals surface area (Å²) in [5.74, 6) is 0.737. The first kappa shape index (κ1) is 21.6. The Hall–Kier alpha value is -1.69. The van der Waals surface area contributed by atoms with Gasteiger partial charge in [0.2, 0.25) is 5.91 Å². The maximum absolute atomic E-state index is 13.7. The predicted octanol–water partition coefficient (Wildman–Crippen LogP) is 3.42. The van der Waals surface area contributed by atoms with Crippen molar-refractivity contribution in [1.29, 1.82) is 0 Å². The van der Waals surface area contributed by atoms with Crippen LogP contribution in [0.2, 0.25) is 0 Å². The van der Waals surface area contributed by atoms with Crippen molar-refractivity contribution < 1.29 is 9.18 Å². The highest BCUT2D eigenvalue weighted by molar-refractivity contribution is 5.85. The van der Waals surface area contributed by atoms with E-state index < -0.39 is 0 Å². The quantitative estimate of drug-likeness (QED) is 0.837. The van der Waals surface area contributed by atoms with Gasteiger partial charge in [-0.1, -0.05) is 12.1 Å². The van der Waals surface area contributed by atoms with Gasteiger partial charge in [-0.05, 0) is 47.7 Å². The van der Waals surface area contributed by atoms with Crippen LogP contribution in [0.15, 0.2) is 48.8 Å². The van der Waals surface area contributed by atoms with Crippen LogP contribution in [0, 0.1) is 17.7 Å². The molecular formula is C20H24Cl2FN3O. The van der Waals surface area contributed by atoms with E-state index >= 15 is 0 Å². The zero-order chi connectivity index (χ0) is 17.2. The lowest BCUT2D eigenvalue weighted by atomic mass is 9.89. The van der Waals surface area contributed by atoms with Crippen molar-refractivity contribution in [3.63, 3.8) is 0 Å². The van der Waals surface area contributed by atoms with E-state index in [1.54, 1.807) is 24.5 Å². The summed E-state index contributed by atoms with van der Waals surface area (Å²) in [6.45, 7) is 2.58. The van der Waals surface area contributed by atoms with Crippen molar-refractivity contribution in [3.05, 3.63) is 65.7 Å². The van der Waals surface area contributed by atoms with E-state index in [4.69, 9.17) is 0 Å². The summed E-state index contributed by atoms with van der Waals surface area (Å²) < 4.78 is 13.7. The number of aryl methyl sites for hydroxylation is 1. The number of hydrogen-bond donors (Lipinski definition) is 1. The average Bonchev–Trinajstić information content (AvgIpc) is 3.21. The molecule has 0 bridgehead atoms. The van der Waals surface area contributed by atoms with Crippen LogP contribution in [0.1, 0.15) is 23.6 Å². The van der Waals surface area contributed by atoms with E-state index in [9.17, 15) is 9.18 Å². The number of benzene rings is 1. The van der Waals surface area contributed by atoms with Gasteiger partial charge in [-0.2, -0.15) is 0 Å². The third-order valence-electron chi connectivity index (χ3n) is 5.45. The highest BCUT2D eigenvalue weighted by Crippen LogP contribution is 2.43. The maximum atomic E-state index is 13.7. The van der Waals surface area contributed by atoms with Crippen LogP contribution < -0.4 is 5.32 Å². The molecule has 2 aliphatic rings. The van der Waals surface area contributed by atoms with Gasteiger partial charge in [0.1, 0.15) is 5.82 Å². The molecule has 0 radical (unpaired) electrons. The molecule has 4 rings (SSSR count). The smallest absolute Gasteiger partial charge is 0.223 e. The molecule has 0 unspecified atom stereocenters. The number of halogens is 3. The monoisotopic (exact) mass is 411 g/mol. The minimum Gasteiger partial charge on any atom is -0.335 e. The van der Waals surface area contributed by atoms with Crippen LogP contribution in [-0.2, 0) is 11.2 Å². The lowest BCUT2D eigenvalue weighted by Gasteiger charge is -2.28. The van der Waals surface area contributed by atoms with E-state index in [0.717, 1.165) is 30.8 Å². The predicted molar refractivity (Wildman–Crippen MR) is 108 cm³/mol. The summed E-state index contributed by atoms with van der Waals surface area (Å²) in [7, 11) is 0. The van der Waals surface area contributed by atoms with Gasteiger partial charge in [-0.3, -0.25) is 9.78 Å². The molecule has 0 spiro atoms. The van der Waals surface area contributed by atoms with Crippen LogP contribution in [0.25, 0.3) is 0 Å². The zero-order valence-electron chi connectivity index (χ0n) is 14.9. The normalized spacial score (nSPS) is 23.3. The van der Waals surface area contributed by atoms with Crippen molar-refractivity contribution >= 4 is 30.7 Å². The van der Waals surface area contributed by atoms with E-state index in [-0.39, 0.29) is 42.6 Å². The Morgan fingerprint density at radius 1 is 1.19 bits per heavy atom. The number of carbonyl (C=O) groups excluding carboxylic acids is 1. The molecule has 1 amide bonds. The molecule has 0 aliphatic carbocycles. The Kier molecular flexibility index (Phi) is 7.59. The third-order valence-corrected chi connectivity index (χ3v) is 5.45. The molecule has 27 heavy (non-hydrogen) atoms. The fourth-order valence-electron chi connectivity index (χ4n) is 4.24. The van der Waals surface area contributed by atoms with E-state index in [1.807, 2.05) is 23.1 Å². The summed E-state index contributed by atoms with van der Waals surface area (Å²) in [4.78, 5) is 18.9. The second kappa shape index (κ2) is 9.49. The number of amides is 1. The molecule has 4 nitrogen and oxygen atoms in total. The highest BCUT2D eigenvalue weighted by Gasteiger charge is 2.46. The van der Waals surface area contributed by atoms with Crippen LogP contribution in [0.4, 0.5) is 4.39 Å². The van der Waals surface area contributed by atoms with Crippen molar-refractivity contribution in [2.75, 3.05) is 19.6 Å². The largest absolute Gasteiger partial charge is 0.335 e. The zero-order valence-corrected chi connectivity index (χ0v) is 16.5. The first-order valence-corrected chi connectivity index (χ1v) is 8.87. The van der Waals surface area contributed by atoms with Gasteiger partial charge < -0.3 is 10.2 Å².